The third-order valence-corrected chi connectivity index (χ3v) is 2.30. The Hall–Kier alpha value is -0.420. The number of alkyl halides is 3. The highest BCUT2D eigenvalue weighted by molar-refractivity contribution is 8.21. The Labute approximate surface area is 80.4 Å². The van der Waals surface area contributed by atoms with Gasteiger partial charge in [0.1, 0.15) is 5.82 Å². The Morgan fingerprint density at radius 3 is 2.23 bits per heavy atom. The third-order valence-electron chi connectivity index (χ3n) is 1.34. The summed E-state index contributed by atoms with van der Waals surface area (Å²) in [6, 6.07) is 2.53. The van der Waals surface area contributed by atoms with Gasteiger partial charge in [-0.3, -0.25) is 0 Å². The van der Waals surface area contributed by atoms with E-state index in [4.69, 9.17) is 10.7 Å². The number of rotatable bonds is 1. The van der Waals surface area contributed by atoms with Crippen LogP contribution in [-0.4, -0.2) is 0 Å². The predicted octanol–water partition coefficient (Wildman–Crippen LogP) is 4.09. The average Bonchev–Trinajstić information content (AvgIpc) is 2.01. The Bertz CT molecular complexity index is 310. The highest BCUT2D eigenvalue weighted by atomic mass is 35.7. The van der Waals surface area contributed by atoms with Crippen LogP contribution in [0.15, 0.2) is 23.1 Å². The molecule has 0 spiro atoms. The van der Waals surface area contributed by atoms with Crippen LogP contribution in [0.2, 0.25) is 0 Å². The molecule has 1 rings (SSSR count). The van der Waals surface area contributed by atoms with Crippen LogP contribution in [0, 0.1) is 5.82 Å². The van der Waals surface area contributed by atoms with Crippen molar-refractivity contribution < 1.29 is 17.6 Å². The van der Waals surface area contributed by atoms with Gasteiger partial charge >= 0.3 is 6.18 Å². The van der Waals surface area contributed by atoms with Gasteiger partial charge in [-0.15, -0.1) is 0 Å². The van der Waals surface area contributed by atoms with Crippen LogP contribution in [-0.2, 0) is 6.18 Å². The van der Waals surface area contributed by atoms with Crippen molar-refractivity contribution >= 4 is 21.7 Å². The van der Waals surface area contributed by atoms with Gasteiger partial charge in [0.05, 0.1) is 5.56 Å². The molecule has 0 heterocycles. The summed E-state index contributed by atoms with van der Waals surface area (Å²) in [4.78, 5) is 0.243. The Morgan fingerprint density at radius 1 is 1.23 bits per heavy atom. The lowest BCUT2D eigenvalue weighted by Crippen LogP contribution is -2.07. The highest BCUT2D eigenvalue weighted by Gasteiger charge is 2.33. The van der Waals surface area contributed by atoms with Gasteiger partial charge < -0.3 is 0 Å². The van der Waals surface area contributed by atoms with Gasteiger partial charge in [-0.25, -0.2) is 4.39 Å². The summed E-state index contributed by atoms with van der Waals surface area (Å²) in [7, 11) is 5.90. The van der Waals surface area contributed by atoms with Crippen LogP contribution < -0.4 is 0 Å². The maximum Gasteiger partial charge on any atom is 0.419 e. The first kappa shape index (κ1) is 10.7. The van der Waals surface area contributed by atoms with E-state index >= 15 is 0 Å². The molecule has 13 heavy (non-hydrogen) atoms. The molecule has 0 aliphatic carbocycles. The summed E-state index contributed by atoms with van der Waals surface area (Å²) in [5.74, 6) is -1.31. The average molecular weight is 231 g/mol. The molecule has 0 aromatic heterocycles. The van der Waals surface area contributed by atoms with Gasteiger partial charge in [0.2, 0.25) is 0 Å². The van der Waals surface area contributed by atoms with Gasteiger partial charge in [0.25, 0.3) is 0 Å². The lowest BCUT2D eigenvalue weighted by Gasteiger charge is -2.07. The second-order valence-corrected chi connectivity index (χ2v) is 3.31. The summed E-state index contributed by atoms with van der Waals surface area (Å²) >= 11 is 0. The SMILES string of the molecule is Fc1cc(SCl)ccc1C(F)(F)F. The van der Waals surface area contributed by atoms with Crippen molar-refractivity contribution in [3.05, 3.63) is 29.6 Å². The molecule has 0 nitrogen and oxygen atoms in total. The third kappa shape index (κ3) is 2.51. The molecule has 0 fully saturated rings. The quantitative estimate of drug-likeness (QED) is 0.655. The molecule has 1 aromatic carbocycles. The molecule has 0 saturated heterocycles. The summed E-state index contributed by atoms with van der Waals surface area (Å²) in [6.07, 6.45) is -4.65. The van der Waals surface area contributed by atoms with Crippen molar-refractivity contribution in [3.63, 3.8) is 0 Å². The van der Waals surface area contributed by atoms with E-state index in [1.165, 1.54) is 0 Å². The zero-order chi connectivity index (χ0) is 10.1. The molecular formula is C7H3ClF4S. The van der Waals surface area contributed by atoms with Crippen LogP contribution in [0.5, 0.6) is 0 Å². The molecule has 0 atom stereocenters. The van der Waals surface area contributed by atoms with Gasteiger partial charge in [-0.1, -0.05) is 0 Å². The van der Waals surface area contributed by atoms with E-state index in [9.17, 15) is 17.6 Å². The molecule has 0 N–H and O–H groups in total. The van der Waals surface area contributed by atoms with Crippen molar-refractivity contribution in [2.24, 2.45) is 0 Å². The first-order valence-electron chi connectivity index (χ1n) is 3.10. The van der Waals surface area contributed by atoms with Crippen LogP contribution >= 0.6 is 21.7 Å². The number of hydrogen-bond acceptors (Lipinski definition) is 1. The Balaban J connectivity index is 3.13. The molecule has 0 amide bonds. The monoisotopic (exact) mass is 230 g/mol. The Kier molecular flexibility index (Phi) is 3.08. The van der Waals surface area contributed by atoms with E-state index in [0.717, 1.165) is 12.1 Å². The van der Waals surface area contributed by atoms with Gasteiger partial charge in [0, 0.05) is 4.90 Å². The molecule has 6 heteroatoms. The molecule has 0 radical (unpaired) electrons. The number of hydrogen-bond donors (Lipinski definition) is 0. The fourth-order valence-corrected chi connectivity index (χ4v) is 1.33. The molecule has 0 aliphatic rings. The van der Waals surface area contributed by atoms with E-state index in [1.54, 1.807) is 0 Å². The van der Waals surface area contributed by atoms with E-state index < -0.39 is 17.6 Å². The number of halogens is 5. The second kappa shape index (κ2) is 3.75. The maximum absolute atomic E-state index is 12.7. The van der Waals surface area contributed by atoms with Crippen molar-refractivity contribution in [2.45, 2.75) is 11.1 Å². The lowest BCUT2D eigenvalue weighted by molar-refractivity contribution is -0.140. The first-order valence-corrected chi connectivity index (χ1v) is 4.75. The van der Waals surface area contributed by atoms with Gasteiger partial charge in [-0.2, -0.15) is 13.2 Å². The van der Waals surface area contributed by atoms with Crippen LogP contribution in [0.4, 0.5) is 17.6 Å². The van der Waals surface area contributed by atoms with Crippen molar-refractivity contribution in [3.8, 4) is 0 Å². The first-order chi connectivity index (χ1) is 5.95. The van der Waals surface area contributed by atoms with E-state index in [2.05, 4.69) is 0 Å². The minimum absolute atomic E-state index is 0.243. The lowest BCUT2D eigenvalue weighted by atomic mass is 10.2. The summed E-state index contributed by atoms with van der Waals surface area (Å²) < 4.78 is 48.8. The van der Waals surface area contributed by atoms with Crippen molar-refractivity contribution in [1.82, 2.24) is 0 Å². The summed E-state index contributed by atoms with van der Waals surface area (Å²) in [6.45, 7) is 0. The summed E-state index contributed by atoms with van der Waals surface area (Å²) in [5.41, 5.74) is -1.28. The molecule has 0 aliphatic heterocycles. The van der Waals surface area contributed by atoms with Crippen molar-refractivity contribution in [2.75, 3.05) is 0 Å². The molecule has 72 valence electrons. The van der Waals surface area contributed by atoms with Gasteiger partial charge in [0.15, 0.2) is 0 Å². The smallest absolute Gasteiger partial charge is 0.206 e. The van der Waals surface area contributed by atoms with E-state index in [0.29, 0.717) is 17.0 Å². The zero-order valence-corrected chi connectivity index (χ0v) is 7.60. The van der Waals surface area contributed by atoms with Crippen LogP contribution in [0.3, 0.4) is 0 Å². The molecule has 0 saturated carbocycles. The minimum Gasteiger partial charge on any atom is -0.206 e. The molecule has 0 bridgehead atoms. The van der Waals surface area contributed by atoms with E-state index in [-0.39, 0.29) is 4.90 Å². The van der Waals surface area contributed by atoms with E-state index in [1.807, 2.05) is 0 Å². The number of benzene rings is 1. The standard InChI is InChI=1S/C7H3ClF4S/c8-13-4-1-2-5(6(9)3-4)7(10,11)12/h1-3H. The largest absolute Gasteiger partial charge is 0.419 e. The maximum atomic E-state index is 12.7. The molecule has 0 unspecified atom stereocenters. The fraction of sp³-hybridized carbons (Fsp3) is 0.143. The summed E-state index contributed by atoms with van der Waals surface area (Å²) in [5, 5.41) is 0. The Morgan fingerprint density at radius 2 is 1.85 bits per heavy atom. The van der Waals surface area contributed by atoms with Crippen LogP contribution in [0.25, 0.3) is 0 Å². The fourth-order valence-electron chi connectivity index (χ4n) is 0.774. The molecule has 1 aromatic rings. The van der Waals surface area contributed by atoms with Gasteiger partial charge in [-0.05, 0) is 39.9 Å². The second-order valence-electron chi connectivity index (χ2n) is 2.22. The highest BCUT2D eigenvalue weighted by Crippen LogP contribution is 2.33. The normalized spacial score (nSPS) is 11.8. The zero-order valence-electron chi connectivity index (χ0n) is 6.03. The topological polar surface area (TPSA) is 0 Å². The van der Waals surface area contributed by atoms with Crippen LogP contribution in [0.1, 0.15) is 5.56 Å². The van der Waals surface area contributed by atoms with Crippen molar-refractivity contribution in [1.29, 1.82) is 0 Å². The predicted molar refractivity (Wildman–Crippen MR) is 43.1 cm³/mol. The molecular weight excluding hydrogens is 228 g/mol. The minimum atomic E-state index is -4.65.